The molecule has 35 heavy (non-hydrogen) atoms. The van der Waals surface area contributed by atoms with Crippen molar-refractivity contribution >= 4 is 23.6 Å². The number of rotatable bonds is 10. The highest BCUT2D eigenvalue weighted by molar-refractivity contribution is 6.21. The van der Waals surface area contributed by atoms with E-state index in [1.807, 2.05) is 43.3 Å². The number of hydrogen-bond donors (Lipinski definition) is 1. The second-order valence-corrected chi connectivity index (χ2v) is 8.29. The van der Waals surface area contributed by atoms with Gasteiger partial charge in [-0.3, -0.25) is 24.1 Å². The van der Waals surface area contributed by atoms with Crippen molar-refractivity contribution in [2.24, 2.45) is 5.92 Å². The molecule has 1 atom stereocenters. The van der Waals surface area contributed by atoms with E-state index in [1.165, 1.54) is 0 Å². The average Bonchev–Trinajstić information content (AvgIpc) is 3.12. The van der Waals surface area contributed by atoms with Crippen molar-refractivity contribution in [2.45, 2.75) is 19.8 Å². The molecule has 1 unspecified atom stereocenters. The molecule has 0 aromatic heterocycles. The highest BCUT2D eigenvalue weighted by atomic mass is 16.5. The molecule has 0 radical (unpaired) electrons. The molecule has 1 N–H and O–H groups in total. The number of benzene rings is 3. The van der Waals surface area contributed by atoms with E-state index in [9.17, 15) is 24.3 Å². The summed E-state index contributed by atoms with van der Waals surface area (Å²) >= 11 is 0. The third kappa shape index (κ3) is 5.14. The van der Waals surface area contributed by atoms with Gasteiger partial charge in [-0.25, -0.2) is 0 Å². The molecule has 0 fully saturated rings. The number of nitrogens with zero attached hydrogens (tertiary/aromatic N) is 1. The molecular formula is C28H25NO6. The Labute approximate surface area is 203 Å². The van der Waals surface area contributed by atoms with Crippen molar-refractivity contribution in [1.82, 2.24) is 4.90 Å². The fourth-order valence-corrected chi connectivity index (χ4v) is 4.14. The summed E-state index contributed by atoms with van der Waals surface area (Å²) in [6.45, 7) is 2.45. The molecule has 7 nitrogen and oxygen atoms in total. The van der Waals surface area contributed by atoms with Crippen molar-refractivity contribution in [2.75, 3.05) is 13.2 Å². The van der Waals surface area contributed by atoms with Crippen LogP contribution in [0.5, 0.6) is 5.75 Å². The molecular weight excluding hydrogens is 446 g/mol. The minimum atomic E-state index is -1.14. The summed E-state index contributed by atoms with van der Waals surface area (Å²) in [6, 6.07) is 21.1. The minimum Gasteiger partial charge on any atom is -0.494 e. The molecule has 4 rings (SSSR count). The first-order valence-corrected chi connectivity index (χ1v) is 11.4. The fraction of sp³-hybridized carbons (Fsp3) is 0.214. The lowest BCUT2D eigenvalue weighted by Crippen LogP contribution is -2.33. The van der Waals surface area contributed by atoms with Crippen LogP contribution in [-0.2, 0) is 4.79 Å². The molecule has 0 aliphatic carbocycles. The van der Waals surface area contributed by atoms with Gasteiger partial charge in [-0.1, -0.05) is 48.5 Å². The zero-order valence-electron chi connectivity index (χ0n) is 19.3. The first-order valence-electron chi connectivity index (χ1n) is 11.4. The molecule has 2 amide bonds. The number of carbonyl (C=O) groups excluding carboxylic acids is 3. The number of Topliss-reactive ketones (excluding diaryl/α,β-unsaturated/α-hetero) is 1. The summed E-state index contributed by atoms with van der Waals surface area (Å²) in [4.78, 5) is 50.7. The summed E-state index contributed by atoms with van der Waals surface area (Å²) in [6.07, 6.45) is -0.224. The van der Waals surface area contributed by atoms with E-state index >= 15 is 0 Å². The molecule has 0 bridgehead atoms. The molecule has 1 aliphatic heterocycles. The molecule has 3 aromatic rings. The van der Waals surface area contributed by atoms with Crippen LogP contribution < -0.4 is 4.74 Å². The van der Waals surface area contributed by atoms with Gasteiger partial charge >= 0.3 is 5.97 Å². The van der Waals surface area contributed by atoms with E-state index in [4.69, 9.17) is 4.74 Å². The van der Waals surface area contributed by atoms with Gasteiger partial charge in [0.15, 0.2) is 5.78 Å². The van der Waals surface area contributed by atoms with Crippen molar-refractivity contribution < 1.29 is 29.0 Å². The smallest absolute Gasteiger partial charge is 0.307 e. The SMILES string of the molecule is CCOc1ccc(-c2ccc(C(=O)CC(CCN3C(=O)c4ccccc4C3=O)C(=O)O)cc2)cc1. The van der Waals surface area contributed by atoms with Gasteiger partial charge in [-0.05, 0) is 48.7 Å². The zero-order chi connectivity index (χ0) is 24.9. The van der Waals surface area contributed by atoms with Crippen LogP contribution in [0.15, 0.2) is 72.8 Å². The van der Waals surface area contributed by atoms with Crippen LogP contribution in [0, 0.1) is 5.92 Å². The Balaban J connectivity index is 1.39. The summed E-state index contributed by atoms with van der Waals surface area (Å²) < 4.78 is 5.45. The lowest BCUT2D eigenvalue weighted by molar-refractivity contribution is -0.142. The Kier molecular flexibility index (Phi) is 7.06. The van der Waals surface area contributed by atoms with Crippen molar-refractivity contribution in [3.05, 3.63) is 89.5 Å². The Hall–Kier alpha value is -4.26. The van der Waals surface area contributed by atoms with Crippen LogP contribution in [-0.4, -0.2) is 46.7 Å². The molecule has 0 saturated carbocycles. The highest BCUT2D eigenvalue weighted by Crippen LogP contribution is 2.26. The van der Waals surface area contributed by atoms with Crippen LogP contribution in [0.25, 0.3) is 11.1 Å². The maximum absolute atomic E-state index is 12.8. The van der Waals surface area contributed by atoms with E-state index in [0.29, 0.717) is 23.3 Å². The third-order valence-electron chi connectivity index (χ3n) is 6.07. The molecule has 1 aliphatic rings. The van der Waals surface area contributed by atoms with Gasteiger partial charge < -0.3 is 9.84 Å². The maximum atomic E-state index is 12.8. The topological polar surface area (TPSA) is 101 Å². The Bertz CT molecular complexity index is 1230. The second-order valence-electron chi connectivity index (χ2n) is 8.29. The van der Waals surface area contributed by atoms with E-state index in [0.717, 1.165) is 21.8 Å². The van der Waals surface area contributed by atoms with Crippen LogP contribution in [0.4, 0.5) is 0 Å². The van der Waals surface area contributed by atoms with Gasteiger partial charge in [-0.2, -0.15) is 0 Å². The van der Waals surface area contributed by atoms with Gasteiger partial charge in [-0.15, -0.1) is 0 Å². The van der Waals surface area contributed by atoms with E-state index in [-0.39, 0.29) is 25.2 Å². The van der Waals surface area contributed by atoms with E-state index < -0.39 is 23.7 Å². The average molecular weight is 472 g/mol. The van der Waals surface area contributed by atoms with Crippen molar-refractivity contribution in [1.29, 1.82) is 0 Å². The van der Waals surface area contributed by atoms with Gasteiger partial charge in [0.1, 0.15) is 5.75 Å². The lowest BCUT2D eigenvalue weighted by Gasteiger charge is -2.17. The highest BCUT2D eigenvalue weighted by Gasteiger charge is 2.35. The Morgan fingerprint density at radius 2 is 1.40 bits per heavy atom. The number of carboxylic acid groups (broad SMARTS) is 1. The van der Waals surface area contributed by atoms with Gasteiger partial charge in [0.2, 0.25) is 0 Å². The normalized spacial score (nSPS) is 13.5. The predicted octanol–water partition coefficient (Wildman–Crippen LogP) is 4.71. The summed E-state index contributed by atoms with van der Waals surface area (Å²) in [5.74, 6) is -2.56. The molecule has 1 heterocycles. The number of ketones is 1. The lowest BCUT2D eigenvalue weighted by atomic mass is 9.94. The largest absolute Gasteiger partial charge is 0.494 e. The first-order chi connectivity index (χ1) is 16.9. The molecule has 178 valence electrons. The standard InChI is InChI=1S/C28H25NO6/c1-2-35-22-13-11-19(12-14-22)18-7-9-20(10-8-18)25(30)17-21(28(33)34)15-16-29-26(31)23-5-3-4-6-24(23)27(29)32/h3-14,21H,2,15-17H2,1H3,(H,33,34). The number of fused-ring (bicyclic) bond motifs is 1. The van der Waals surface area contributed by atoms with Gasteiger partial charge in [0, 0.05) is 18.5 Å². The van der Waals surface area contributed by atoms with Crippen LogP contribution in [0.2, 0.25) is 0 Å². The molecule has 0 spiro atoms. The molecule has 7 heteroatoms. The van der Waals surface area contributed by atoms with E-state index in [1.54, 1.807) is 36.4 Å². The minimum absolute atomic E-state index is 0.00317. The quantitative estimate of drug-likeness (QED) is 0.339. The van der Waals surface area contributed by atoms with Gasteiger partial charge in [0.05, 0.1) is 23.7 Å². The maximum Gasteiger partial charge on any atom is 0.307 e. The van der Waals surface area contributed by atoms with Crippen molar-refractivity contribution in [3.63, 3.8) is 0 Å². The predicted molar refractivity (Wildman–Crippen MR) is 130 cm³/mol. The number of hydrogen-bond acceptors (Lipinski definition) is 5. The second kappa shape index (κ2) is 10.3. The summed E-state index contributed by atoms with van der Waals surface area (Å²) in [7, 11) is 0. The Morgan fingerprint density at radius 3 is 1.91 bits per heavy atom. The number of aliphatic carboxylic acids is 1. The number of carboxylic acids is 1. The van der Waals surface area contributed by atoms with Crippen LogP contribution in [0.3, 0.4) is 0 Å². The molecule has 0 saturated heterocycles. The molecule has 3 aromatic carbocycles. The fourth-order valence-electron chi connectivity index (χ4n) is 4.14. The van der Waals surface area contributed by atoms with E-state index in [2.05, 4.69) is 0 Å². The number of ether oxygens (including phenoxy) is 1. The third-order valence-corrected chi connectivity index (χ3v) is 6.07. The van der Waals surface area contributed by atoms with Crippen molar-refractivity contribution in [3.8, 4) is 16.9 Å². The summed E-state index contributed by atoms with van der Waals surface area (Å²) in [5, 5.41) is 9.65. The summed E-state index contributed by atoms with van der Waals surface area (Å²) in [5.41, 5.74) is 2.93. The first kappa shape index (κ1) is 23.9. The number of imide groups is 1. The zero-order valence-corrected chi connectivity index (χ0v) is 19.3. The van der Waals surface area contributed by atoms with Gasteiger partial charge in [0.25, 0.3) is 11.8 Å². The Morgan fingerprint density at radius 1 is 0.857 bits per heavy atom. The van der Waals surface area contributed by atoms with Crippen LogP contribution in [0.1, 0.15) is 50.8 Å². The number of amides is 2. The number of carbonyl (C=O) groups is 4. The van der Waals surface area contributed by atoms with Crippen LogP contribution >= 0.6 is 0 Å². The monoisotopic (exact) mass is 471 g/mol.